The summed E-state index contributed by atoms with van der Waals surface area (Å²) in [5.74, 6) is 1.71. The van der Waals surface area contributed by atoms with Crippen LogP contribution in [-0.4, -0.2) is 33.7 Å². The van der Waals surface area contributed by atoms with Crippen LogP contribution in [0.25, 0.3) is 0 Å². The van der Waals surface area contributed by atoms with Crippen LogP contribution in [0.15, 0.2) is 59.3 Å². The zero-order chi connectivity index (χ0) is 19.3. The number of hydrogen-bond acceptors (Lipinski definition) is 4. The van der Waals surface area contributed by atoms with E-state index in [4.69, 9.17) is 4.42 Å². The molecule has 1 saturated heterocycles. The van der Waals surface area contributed by atoms with Gasteiger partial charge in [0.2, 0.25) is 0 Å². The van der Waals surface area contributed by atoms with Crippen LogP contribution in [0.5, 0.6) is 0 Å². The third-order valence-corrected chi connectivity index (χ3v) is 5.22. The minimum Gasteiger partial charge on any atom is -0.455 e. The Balaban J connectivity index is 1.32. The summed E-state index contributed by atoms with van der Waals surface area (Å²) in [7, 11) is 0. The summed E-state index contributed by atoms with van der Waals surface area (Å²) < 4.78 is 7.57. The number of hydrogen-bond donors (Lipinski definition) is 1. The lowest BCUT2D eigenvalue weighted by molar-refractivity contribution is 0.0991. The summed E-state index contributed by atoms with van der Waals surface area (Å²) in [6.07, 6.45) is 5.92. The maximum Gasteiger partial charge on any atom is 0.291 e. The Morgan fingerprint density at radius 1 is 1.14 bits per heavy atom. The van der Waals surface area contributed by atoms with Crippen molar-refractivity contribution in [3.05, 3.63) is 71.9 Å². The molecule has 0 bridgehead atoms. The number of carbonyl (C=O) groups excluding carboxylic acids is 1. The summed E-state index contributed by atoms with van der Waals surface area (Å²) >= 11 is 0. The zero-order valence-electron chi connectivity index (χ0n) is 16.2. The number of nitrogens with one attached hydrogen (secondary N) is 1. The fraction of sp³-hybridized carbons (Fsp3) is 0.364. The average molecular weight is 378 g/mol. The molecule has 146 valence electrons. The fourth-order valence-electron chi connectivity index (χ4n) is 3.50. The summed E-state index contributed by atoms with van der Waals surface area (Å²) in [4.78, 5) is 14.9. The van der Waals surface area contributed by atoms with E-state index in [0.29, 0.717) is 18.0 Å². The first-order valence-electron chi connectivity index (χ1n) is 9.84. The third kappa shape index (κ3) is 4.70. The standard InChI is InChI=1S/C22H26N4O2/c1-17-9-11-25(12-10-17)16-20-7-8-21(28-20)22(27)24-19-13-23-26(15-19)14-18-5-3-2-4-6-18/h2-8,13,15,17H,9-12,14,16H2,1H3,(H,24,27). The number of amides is 1. The second kappa shape index (κ2) is 8.44. The molecule has 1 aromatic carbocycles. The van der Waals surface area contributed by atoms with E-state index >= 15 is 0 Å². The largest absolute Gasteiger partial charge is 0.455 e. The second-order valence-corrected chi connectivity index (χ2v) is 7.59. The Morgan fingerprint density at radius 3 is 2.71 bits per heavy atom. The molecule has 3 aromatic rings. The van der Waals surface area contributed by atoms with Crippen molar-refractivity contribution in [1.29, 1.82) is 0 Å². The monoisotopic (exact) mass is 378 g/mol. The van der Waals surface area contributed by atoms with Crippen LogP contribution < -0.4 is 5.32 Å². The first kappa shape index (κ1) is 18.5. The van der Waals surface area contributed by atoms with Crippen molar-refractivity contribution in [1.82, 2.24) is 14.7 Å². The molecule has 1 fully saturated rings. The highest BCUT2D eigenvalue weighted by Crippen LogP contribution is 2.19. The average Bonchev–Trinajstić information content (AvgIpc) is 3.34. The predicted molar refractivity (Wildman–Crippen MR) is 108 cm³/mol. The zero-order valence-corrected chi connectivity index (χ0v) is 16.2. The molecule has 6 heteroatoms. The van der Waals surface area contributed by atoms with Crippen LogP contribution >= 0.6 is 0 Å². The molecule has 2 aromatic heterocycles. The van der Waals surface area contributed by atoms with E-state index in [0.717, 1.165) is 36.9 Å². The summed E-state index contributed by atoms with van der Waals surface area (Å²) in [5, 5.41) is 7.17. The first-order chi connectivity index (χ1) is 13.7. The predicted octanol–water partition coefficient (Wildman–Crippen LogP) is 4.01. The van der Waals surface area contributed by atoms with Gasteiger partial charge >= 0.3 is 0 Å². The van der Waals surface area contributed by atoms with Crippen LogP contribution in [0.1, 0.15) is 41.6 Å². The lowest BCUT2D eigenvalue weighted by Crippen LogP contribution is -2.32. The molecule has 4 rings (SSSR count). The van der Waals surface area contributed by atoms with E-state index in [1.807, 2.05) is 42.6 Å². The van der Waals surface area contributed by atoms with Crippen molar-refractivity contribution in [2.24, 2.45) is 5.92 Å². The van der Waals surface area contributed by atoms with Crippen LogP contribution in [0.4, 0.5) is 5.69 Å². The van der Waals surface area contributed by atoms with Crippen LogP contribution in [0.3, 0.4) is 0 Å². The van der Waals surface area contributed by atoms with Gasteiger partial charge in [-0.3, -0.25) is 14.4 Å². The van der Waals surface area contributed by atoms with Crippen molar-refractivity contribution in [2.45, 2.75) is 32.9 Å². The van der Waals surface area contributed by atoms with Crippen LogP contribution in [-0.2, 0) is 13.1 Å². The van der Waals surface area contributed by atoms with Gasteiger partial charge in [-0.15, -0.1) is 0 Å². The number of likely N-dealkylation sites (tertiary alicyclic amines) is 1. The SMILES string of the molecule is CC1CCN(Cc2ccc(C(=O)Nc3cnn(Cc4ccccc4)c3)o2)CC1. The Hall–Kier alpha value is -2.86. The van der Waals surface area contributed by atoms with Crippen molar-refractivity contribution in [2.75, 3.05) is 18.4 Å². The maximum absolute atomic E-state index is 12.5. The summed E-state index contributed by atoms with van der Waals surface area (Å²) in [6, 6.07) is 13.7. The summed E-state index contributed by atoms with van der Waals surface area (Å²) in [5.41, 5.74) is 1.81. The molecule has 3 heterocycles. The van der Waals surface area contributed by atoms with Gasteiger partial charge in [0.15, 0.2) is 5.76 Å². The molecule has 1 N–H and O–H groups in total. The molecule has 28 heavy (non-hydrogen) atoms. The van der Waals surface area contributed by atoms with Gasteiger partial charge in [0.25, 0.3) is 5.91 Å². The third-order valence-electron chi connectivity index (χ3n) is 5.22. The molecule has 0 aliphatic carbocycles. The number of piperidine rings is 1. The molecule has 1 aliphatic heterocycles. The van der Waals surface area contributed by atoms with Gasteiger partial charge in [-0.05, 0) is 49.5 Å². The molecular weight excluding hydrogens is 352 g/mol. The molecule has 1 aliphatic rings. The summed E-state index contributed by atoms with van der Waals surface area (Å²) in [6.45, 7) is 5.90. The van der Waals surface area contributed by atoms with E-state index < -0.39 is 0 Å². The highest BCUT2D eigenvalue weighted by molar-refractivity contribution is 6.02. The van der Waals surface area contributed by atoms with Gasteiger partial charge < -0.3 is 9.73 Å². The normalized spacial score (nSPS) is 15.6. The number of benzene rings is 1. The van der Waals surface area contributed by atoms with E-state index in [1.165, 1.54) is 12.8 Å². The van der Waals surface area contributed by atoms with Crippen molar-refractivity contribution >= 4 is 11.6 Å². The number of carbonyl (C=O) groups is 1. The maximum atomic E-state index is 12.5. The first-order valence-corrected chi connectivity index (χ1v) is 9.84. The Labute approximate surface area is 165 Å². The minimum absolute atomic E-state index is 0.252. The van der Waals surface area contributed by atoms with Crippen molar-refractivity contribution in [3.8, 4) is 0 Å². The van der Waals surface area contributed by atoms with Crippen LogP contribution in [0, 0.1) is 5.92 Å². The molecule has 0 saturated carbocycles. The molecule has 0 atom stereocenters. The highest BCUT2D eigenvalue weighted by Gasteiger charge is 2.18. The molecule has 0 unspecified atom stereocenters. The molecular formula is C22H26N4O2. The van der Waals surface area contributed by atoms with Gasteiger partial charge in [-0.1, -0.05) is 37.3 Å². The van der Waals surface area contributed by atoms with Gasteiger partial charge in [-0.2, -0.15) is 5.10 Å². The Bertz CT molecular complexity index is 908. The molecule has 6 nitrogen and oxygen atoms in total. The lowest BCUT2D eigenvalue weighted by atomic mass is 9.99. The minimum atomic E-state index is -0.252. The van der Waals surface area contributed by atoms with Crippen molar-refractivity contribution in [3.63, 3.8) is 0 Å². The topological polar surface area (TPSA) is 63.3 Å². The van der Waals surface area contributed by atoms with E-state index in [1.54, 1.807) is 16.9 Å². The lowest BCUT2D eigenvalue weighted by Gasteiger charge is -2.29. The van der Waals surface area contributed by atoms with E-state index in [9.17, 15) is 4.79 Å². The number of furan rings is 1. The Kier molecular flexibility index (Phi) is 5.58. The fourth-order valence-corrected chi connectivity index (χ4v) is 3.50. The van der Waals surface area contributed by atoms with Crippen molar-refractivity contribution < 1.29 is 9.21 Å². The van der Waals surface area contributed by atoms with Gasteiger partial charge in [-0.25, -0.2) is 0 Å². The number of rotatable bonds is 6. The van der Waals surface area contributed by atoms with Gasteiger partial charge in [0.05, 0.1) is 25.0 Å². The number of anilines is 1. The van der Waals surface area contributed by atoms with E-state index in [-0.39, 0.29) is 5.91 Å². The Morgan fingerprint density at radius 2 is 1.93 bits per heavy atom. The van der Waals surface area contributed by atoms with Gasteiger partial charge in [0, 0.05) is 6.20 Å². The van der Waals surface area contributed by atoms with E-state index in [2.05, 4.69) is 22.2 Å². The quantitative estimate of drug-likeness (QED) is 0.704. The second-order valence-electron chi connectivity index (χ2n) is 7.59. The molecule has 0 radical (unpaired) electrons. The highest BCUT2D eigenvalue weighted by atomic mass is 16.4. The number of nitrogens with zero attached hydrogens (tertiary/aromatic N) is 3. The molecule has 0 spiro atoms. The number of aromatic nitrogens is 2. The van der Waals surface area contributed by atoms with Crippen LogP contribution in [0.2, 0.25) is 0 Å². The van der Waals surface area contributed by atoms with Gasteiger partial charge in [0.1, 0.15) is 5.76 Å². The smallest absolute Gasteiger partial charge is 0.291 e. The molecule has 1 amide bonds.